The van der Waals surface area contributed by atoms with E-state index in [0.717, 1.165) is 12.1 Å². The molecule has 4 nitrogen and oxygen atoms in total. The van der Waals surface area contributed by atoms with Crippen molar-refractivity contribution in [3.8, 4) is 5.75 Å². The fourth-order valence-corrected chi connectivity index (χ4v) is 0.913. The van der Waals surface area contributed by atoms with Crippen LogP contribution in [0.2, 0.25) is 5.02 Å². The number of nitrogen functional groups attached to an aromatic ring is 1. The zero-order valence-electron chi connectivity index (χ0n) is 6.38. The van der Waals surface area contributed by atoms with Gasteiger partial charge in [-0.3, -0.25) is 0 Å². The molecule has 0 aromatic heterocycles. The summed E-state index contributed by atoms with van der Waals surface area (Å²) in [6, 6.07) is 2.03. The SMILES string of the molecule is NC(=O)Oc1cc(F)c(Cl)cc1N. The van der Waals surface area contributed by atoms with Gasteiger partial charge in [0.1, 0.15) is 5.82 Å². The van der Waals surface area contributed by atoms with Crippen LogP contribution < -0.4 is 16.2 Å². The van der Waals surface area contributed by atoms with Crippen molar-refractivity contribution in [2.45, 2.75) is 0 Å². The van der Waals surface area contributed by atoms with Gasteiger partial charge in [0.2, 0.25) is 0 Å². The van der Waals surface area contributed by atoms with Gasteiger partial charge in [0.15, 0.2) is 5.75 Å². The highest BCUT2D eigenvalue weighted by Gasteiger charge is 2.09. The van der Waals surface area contributed by atoms with E-state index in [1.54, 1.807) is 0 Å². The molecule has 0 atom stereocenters. The first-order valence-corrected chi connectivity index (χ1v) is 3.60. The molecule has 0 radical (unpaired) electrons. The molecular formula is C7H6ClFN2O2. The molecule has 0 saturated heterocycles. The minimum atomic E-state index is -1.06. The lowest BCUT2D eigenvalue weighted by molar-refractivity contribution is 0.211. The number of nitrogens with two attached hydrogens (primary N) is 2. The molecular weight excluding hydrogens is 199 g/mol. The van der Waals surface area contributed by atoms with Gasteiger partial charge in [0.25, 0.3) is 0 Å². The Morgan fingerprint density at radius 2 is 2.15 bits per heavy atom. The largest absolute Gasteiger partial charge is 0.410 e. The number of rotatable bonds is 1. The summed E-state index contributed by atoms with van der Waals surface area (Å²) >= 11 is 5.40. The fourth-order valence-electron chi connectivity index (χ4n) is 0.741. The molecule has 1 aromatic carbocycles. The maximum Gasteiger partial charge on any atom is 0.410 e. The second-order valence-corrected chi connectivity index (χ2v) is 2.63. The third-order valence-corrected chi connectivity index (χ3v) is 1.55. The average molecular weight is 205 g/mol. The molecule has 0 saturated carbocycles. The molecule has 0 spiro atoms. The van der Waals surface area contributed by atoms with Crippen LogP contribution in [0.25, 0.3) is 0 Å². The third-order valence-electron chi connectivity index (χ3n) is 1.26. The molecule has 70 valence electrons. The van der Waals surface area contributed by atoms with Crippen molar-refractivity contribution in [1.29, 1.82) is 0 Å². The molecule has 13 heavy (non-hydrogen) atoms. The van der Waals surface area contributed by atoms with Gasteiger partial charge >= 0.3 is 6.09 Å². The van der Waals surface area contributed by atoms with E-state index in [1.165, 1.54) is 0 Å². The summed E-state index contributed by atoms with van der Waals surface area (Å²) in [6.45, 7) is 0. The smallest absolute Gasteiger partial charge is 0.408 e. The van der Waals surface area contributed by atoms with Crippen LogP contribution in [-0.2, 0) is 0 Å². The van der Waals surface area contributed by atoms with Gasteiger partial charge in [0, 0.05) is 6.07 Å². The fraction of sp³-hybridized carbons (Fsp3) is 0. The standard InChI is InChI=1S/C7H6ClFN2O2/c8-3-1-5(10)6(2-4(3)9)13-7(11)12/h1-2H,10H2,(H2,11,12). The van der Waals surface area contributed by atoms with E-state index in [9.17, 15) is 9.18 Å². The highest BCUT2D eigenvalue weighted by atomic mass is 35.5. The zero-order valence-corrected chi connectivity index (χ0v) is 7.14. The molecule has 0 heterocycles. The van der Waals surface area contributed by atoms with Gasteiger partial charge in [-0.25, -0.2) is 9.18 Å². The van der Waals surface area contributed by atoms with Crippen molar-refractivity contribution in [3.63, 3.8) is 0 Å². The molecule has 4 N–H and O–H groups in total. The van der Waals surface area contributed by atoms with E-state index in [1.807, 2.05) is 0 Å². The lowest BCUT2D eigenvalue weighted by atomic mass is 10.3. The first-order chi connectivity index (χ1) is 6.00. The molecule has 1 aromatic rings. The van der Waals surface area contributed by atoms with Crippen LogP contribution in [0.5, 0.6) is 5.75 Å². The van der Waals surface area contributed by atoms with E-state index in [2.05, 4.69) is 4.74 Å². The molecule has 0 aliphatic rings. The van der Waals surface area contributed by atoms with Crippen LogP contribution in [0, 0.1) is 5.82 Å². The Kier molecular flexibility index (Phi) is 2.57. The molecule has 0 unspecified atom stereocenters. The van der Waals surface area contributed by atoms with E-state index in [0.29, 0.717) is 0 Å². The van der Waals surface area contributed by atoms with E-state index in [-0.39, 0.29) is 16.5 Å². The van der Waals surface area contributed by atoms with Crippen molar-refractivity contribution >= 4 is 23.4 Å². The van der Waals surface area contributed by atoms with Crippen molar-refractivity contribution < 1.29 is 13.9 Å². The second kappa shape index (κ2) is 3.49. The Labute approximate surface area is 78.2 Å². The summed E-state index contributed by atoms with van der Waals surface area (Å²) in [5, 5.41) is -0.144. The number of anilines is 1. The monoisotopic (exact) mass is 204 g/mol. The highest BCUT2D eigenvalue weighted by Crippen LogP contribution is 2.27. The number of hydrogen-bond acceptors (Lipinski definition) is 3. The summed E-state index contributed by atoms with van der Waals surface area (Å²) in [5.74, 6) is -0.874. The van der Waals surface area contributed by atoms with Gasteiger partial charge in [-0.05, 0) is 6.07 Å². The first kappa shape index (κ1) is 9.60. The van der Waals surface area contributed by atoms with Crippen LogP contribution in [0.15, 0.2) is 12.1 Å². The predicted molar refractivity (Wildman–Crippen MR) is 46.0 cm³/mol. The highest BCUT2D eigenvalue weighted by molar-refractivity contribution is 6.31. The van der Waals surface area contributed by atoms with Crippen molar-refractivity contribution in [3.05, 3.63) is 23.0 Å². The second-order valence-electron chi connectivity index (χ2n) is 2.23. The lowest BCUT2D eigenvalue weighted by Crippen LogP contribution is -2.17. The number of hydrogen-bond donors (Lipinski definition) is 2. The molecule has 1 amide bonds. The Hall–Kier alpha value is -1.49. The van der Waals surface area contributed by atoms with Crippen LogP contribution >= 0.6 is 11.6 Å². The van der Waals surface area contributed by atoms with E-state index in [4.69, 9.17) is 23.1 Å². The topological polar surface area (TPSA) is 78.3 Å². The van der Waals surface area contributed by atoms with Crippen LogP contribution in [-0.4, -0.2) is 6.09 Å². The number of carbonyl (C=O) groups excluding carboxylic acids is 1. The minimum Gasteiger partial charge on any atom is -0.408 e. The van der Waals surface area contributed by atoms with Gasteiger partial charge in [-0.15, -0.1) is 0 Å². The molecule has 6 heteroatoms. The number of carbonyl (C=O) groups is 1. The summed E-state index contributed by atoms with van der Waals surface area (Å²) in [5.41, 5.74) is 10.1. The van der Waals surface area contributed by atoms with Crippen LogP contribution in [0.1, 0.15) is 0 Å². The van der Waals surface area contributed by atoms with Crippen molar-refractivity contribution in [2.75, 3.05) is 5.73 Å². The Morgan fingerprint density at radius 1 is 1.54 bits per heavy atom. The molecule has 0 aliphatic carbocycles. The van der Waals surface area contributed by atoms with Gasteiger partial charge in [-0.2, -0.15) is 0 Å². The summed E-state index contributed by atoms with van der Waals surface area (Å²) in [7, 11) is 0. The van der Waals surface area contributed by atoms with Crippen LogP contribution in [0.4, 0.5) is 14.9 Å². The maximum absolute atomic E-state index is 12.8. The van der Waals surface area contributed by atoms with Crippen LogP contribution in [0.3, 0.4) is 0 Å². The first-order valence-electron chi connectivity index (χ1n) is 3.22. The minimum absolute atomic E-state index is 0.0465. The summed E-state index contributed by atoms with van der Waals surface area (Å²) in [6.07, 6.45) is -1.06. The lowest BCUT2D eigenvalue weighted by Gasteiger charge is -2.05. The van der Waals surface area contributed by atoms with E-state index < -0.39 is 11.9 Å². The van der Waals surface area contributed by atoms with Gasteiger partial charge in [-0.1, -0.05) is 11.6 Å². The number of benzene rings is 1. The normalized spacial score (nSPS) is 9.69. The number of halogens is 2. The molecule has 0 aliphatic heterocycles. The molecule has 1 rings (SSSR count). The Balaban J connectivity index is 3.08. The third kappa shape index (κ3) is 2.22. The predicted octanol–water partition coefficient (Wildman–Crippen LogP) is 1.52. The Morgan fingerprint density at radius 3 is 2.69 bits per heavy atom. The van der Waals surface area contributed by atoms with Crippen molar-refractivity contribution in [1.82, 2.24) is 0 Å². The van der Waals surface area contributed by atoms with E-state index >= 15 is 0 Å². The summed E-state index contributed by atoms with van der Waals surface area (Å²) in [4.78, 5) is 10.3. The quantitative estimate of drug-likeness (QED) is 0.681. The van der Waals surface area contributed by atoms with Crippen molar-refractivity contribution in [2.24, 2.45) is 5.73 Å². The molecule has 0 fully saturated rings. The zero-order chi connectivity index (χ0) is 10.0. The van der Waals surface area contributed by atoms with Gasteiger partial charge < -0.3 is 16.2 Å². The summed E-state index contributed by atoms with van der Waals surface area (Å²) < 4.78 is 17.2. The number of primary amides is 1. The molecule has 0 bridgehead atoms. The average Bonchev–Trinajstić information content (AvgIpc) is 1.99. The maximum atomic E-state index is 12.8. The Bertz CT molecular complexity index is 357. The number of amides is 1. The van der Waals surface area contributed by atoms with Gasteiger partial charge in [0.05, 0.1) is 10.7 Å². The number of ether oxygens (including phenoxy) is 1.